The number of nitrogens with zero attached hydrogens (tertiary/aromatic N) is 2. The van der Waals surface area contributed by atoms with E-state index in [0.29, 0.717) is 4.75 Å². The van der Waals surface area contributed by atoms with Gasteiger partial charge in [-0.1, -0.05) is 26.2 Å². The van der Waals surface area contributed by atoms with E-state index in [4.69, 9.17) is 0 Å². The third-order valence-corrected chi connectivity index (χ3v) is 5.40. The lowest BCUT2D eigenvalue weighted by atomic mass is 9.88. The Morgan fingerprint density at radius 2 is 1.85 bits per heavy atom. The number of thioether (sulfide) groups is 1. The standard InChI is InChI=1S/C15H26N4S/c1-3-9-17-13-10-16-11-14(19-13)18-12-15(20-2)7-5-4-6-8-15/h10-11H,3-9,12H2,1-2H3,(H2,17,18,19). The molecule has 2 N–H and O–H groups in total. The van der Waals surface area contributed by atoms with E-state index < -0.39 is 0 Å². The number of nitrogens with one attached hydrogen (secondary N) is 2. The molecule has 1 aliphatic rings. The van der Waals surface area contributed by atoms with Gasteiger partial charge in [-0.05, 0) is 25.5 Å². The summed E-state index contributed by atoms with van der Waals surface area (Å²) >= 11 is 2.00. The SMILES string of the molecule is CCCNc1cncc(NCC2(SC)CCCCC2)n1. The number of hydrogen-bond acceptors (Lipinski definition) is 5. The van der Waals surface area contributed by atoms with Gasteiger partial charge < -0.3 is 10.6 Å². The largest absolute Gasteiger partial charge is 0.369 e. The quantitative estimate of drug-likeness (QED) is 0.801. The van der Waals surface area contributed by atoms with E-state index in [9.17, 15) is 0 Å². The molecule has 0 amide bonds. The lowest BCUT2D eigenvalue weighted by molar-refractivity contribution is 0.411. The van der Waals surface area contributed by atoms with Crippen molar-refractivity contribution in [3.63, 3.8) is 0 Å². The summed E-state index contributed by atoms with van der Waals surface area (Å²) in [5.41, 5.74) is 0. The van der Waals surface area contributed by atoms with Crippen molar-refractivity contribution in [2.24, 2.45) is 0 Å². The molecule has 1 heterocycles. The van der Waals surface area contributed by atoms with Crippen molar-refractivity contribution in [1.29, 1.82) is 0 Å². The van der Waals surface area contributed by atoms with Crippen molar-refractivity contribution < 1.29 is 0 Å². The highest BCUT2D eigenvalue weighted by Crippen LogP contribution is 2.38. The monoisotopic (exact) mass is 294 g/mol. The van der Waals surface area contributed by atoms with Crippen molar-refractivity contribution in [3.05, 3.63) is 12.4 Å². The number of aromatic nitrogens is 2. The summed E-state index contributed by atoms with van der Waals surface area (Å²) in [6.07, 6.45) is 13.6. The zero-order valence-corrected chi connectivity index (χ0v) is 13.4. The topological polar surface area (TPSA) is 49.8 Å². The Labute approximate surface area is 126 Å². The van der Waals surface area contributed by atoms with Crippen LogP contribution in [0, 0.1) is 0 Å². The van der Waals surface area contributed by atoms with Crippen molar-refractivity contribution in [2.75, 3.05) is 30.0 Å². The fraction of sp³-hybridized carbons (Fsp3) is 0.733. The van der Waals surface area contributed by atoms with Crippen molar-refractivity contribution >= 4 is 23.4 Å². The second kappa shape index (κ2) is 7.72. The Hall–Kier alpha value is -0.970. The van der Waals surface area contributed by atoms with Crippen LogP contribution in [0.15, 0.2) is 12.4 Å². The maximum Gasteiger partial charge on any atom is 0.147 e. The summed E-state index contributed by atoms with van der Waals surface area (Å²) in [5.74, 6) is 1.74. The molecule has 0 spiro atoms. The molecular weight excluding hydrogens is 268 g/mol. The average molecular weight is 294 g/mol. The Kier molecular flexibility index (Phi) is 5.95. The predicted octanol–water partition coefficient (Wildman–Crippen LogP) is 3.78. The fourth-order valence-corrected chi connectivity index (χ4v) is 3.60. The molecule has 1 aliphatic carbocycles. The highest BCUT2D eigenvalue weighted by atomic mass is 32.2. The fourth-order valence-electron chi connectivity index (χ4n) is 2.69. The first-order valence-corrected chi connectivity index (χ1v) is 8.85. The lowest BCUT2D eigenvalue weighted by Crippen LogP contribution is -2.35. The van der Waals surface area contributed by atoms with Crippen LogP contribution in [0.2, 0.25) is 0 Å². The molecule has 2 rings (SSSR count). The van der Waals surface area contributed by atoms with Crippen LogP contribution < -0.4 is 10.6 Å². The van der Waals surface area contributed by atoms with E-state index >= 15 is 0 Å². The molecule has 0 atom stereocenters. The second-order valence-electron chi connectivity index (χ2n) is 5.52. The van der Waals surface area contributed by atoms with Gasteiger partial charge in [-0.25, -0.2) is 4.98 Å². The molecule has 1 fully saturated rings. The maximum absolute atomic E-state index is 4.57. The zero-order chi connectivity index (χ0) is 14.3. The third-order valence-electron chi connectivity index (χ3n) is 3.98. The van der Waals surface area contributed by atoms with Gasteiger partial charge in [0.05, 0.1) is 12.4 Å². The van der Waals surface area contributed by atoms with Gasteiger partial charge in [0.1, 0.15) is 11.6 Å². The van der Waals surface area contributed by atoms with Gasteiger partial charge in [0, 0.05) is 17.8 Å². The van der Waals surface area contributed by atoms with Crippen LogP contribution in [0.1, 0.15) is 45.4 Å². The van der Waals surface area contributed by atoms with Gasteiger partial charge in [0.2, 0.25) is 0 Å². The highest BCUT2D eigenvalue weighted by molar-refractivity contribution is 8.00. The van der Waals surface area contributed by atoms with Gasteiger partial charge >= 0.3 is 0 Å². The molecule has 0 saturated heterocycles. The van der Waals surface area contributed by atoms with E-state index in [1.54, 1.807) is 6.20 Å². The molecule has 1 saturated carbocycles. The van der Waals surface area contributed by atoms with E-state index in [1.807, 2.05) is 18.0 Å². The summed E-state index contributed by atoms with van der Waals surface area (Å²) in [4.78, 5) is 8.82. The van der Waals surface area contributed by atoms with E-state index in [2.05, 4.69) is 33.8 Å². The molecule has 20 heavy (non-hydrogen) atoms. The number of hydrogen-bond donors (Lipinski definition) is 2. The molecule has 0 unspecified atom stereocenters. The Bertz CT molecular complexity index is 405. The van der Waals surface area contributed by atoms with Gasteiger partial charge in [-0.15, -0.1) is 0 Å². The first kappa shape index (κ1) is 15.4. The van der Waals surface area contributed by atoms with Crippen LogP contribution in [-0.4, -0.2) is 34.1 Å². The van der Waals surface area contributed by atoms with Crippen LogP contribution in [0.5, 0.6) is 0 Å². The van der Waals surface area contributed by atoms with Crippen LogP contribution in [0.25, 0.3) is 0 Å². The average Bonchev–Trinajstić information content (AvgIpc) is 2.52. The lowest BCUT2D eigenvalue weighted by Gasteiger charge is -2.36. The highest BCUT2D eigenvalue weighted by Gasteiger charge is 2.30. The summed E-state index contributed by atoms with van der Waals surface area (Å²) < 4.78 is 0.382. The summed E-state index contributed by atoms with van der Waals surface area (Å²) in [7, 11) is 0. The van der Waals surface area contributed by atoms with Gasteiger partial charge in [-0.2, -0.15) is 11.8 Å². The zero-order valence-electron chi connectivity index (χ0n) is 12.6. The minimum atomic E-state index is 0.382. The third kappa shape index (κ3) is 4.27. The van der Waals surface area contributed by atoms with Gasteiger partial charge in [-0.3, -0.25) is 4.98 Å². The minimum absolute atomic E-state index is 0.382. The summed E-state index contributed by atoms with van der Waals surface area (Å²) in [6, 6.07) is 0. The van der Waals surface area contributed by atoms with Crippen molar-refractivity contribution in [1.82, 2.24) is 9.97 Å². The van der Waals surface area contributed by atoms with Crippen LogP contribution in [0.3, 0.4) is 0 Å². The van der Waals surface area contributed by atoms with Gasteiger partial charge in [0.15, 0.2) is 0 Å². The maximum atomic E-state index is 4.57. The van der Waals surface area contributed by atoms with Crippen LogP contribution >= 0.6 is 11.8 Å². The molecular formula is C15H26N4S. The molecule has 0 aromatic carbocycles. The van der Waals surface area contributed by atoms with Crippen molar-refractivity contribution in [2.45, 2.75) is 50.2 Å². The molecule has 0 aliphatic heterocycles. The summed E-state index contributed by atoms with van der Waals surface area (Å²) in [5, 5.41) is 6.77. The van der Waals surface area contributed by atoms with Crippen molar-refractivity contribution in [3.8, 4) is 0 Å². The molecule has 4 nitrogen and oxygen atoms in total. The smallest absolute Gasteiger partial charge is 0.147 e. The first-order chi connectivity index (χ1) is 9.78. The first-order valence-electron chi connectivity index (χ1n) is 7.63. The summed E-state index contributed by atoms with van der Waals surface area (Å²) in [6.45, 7) is 4.07. The van der Waals surface area contributed by atoms with E-state index in [0.717, 1.165) is 31.1 Å². The van der Waals surface area contributed by atoms with Gasteiger partial charge in [0.25, 0.3) is 0 Å². The van der Waals surface area contributed by atoms with Crippen LogP contribution in [0.4, 0.5) is 11.6 Å². The normalized spacial score (nSPS) is 17.7. The number of rotatable bonds is 7. The Balaban J connectivity index is 1.92. The minimum Gasteiger partial charge on any atom is -0.369 e. The predicted molar refractivity (Wildman–Crippen MR) is 88.6 cm³/mol. The Morgan fingerprint density at radius 1 is 1.15 bits per heavy atom. The molecule has 5 heteroatoms. The van der Waals surface area contributed by atoms with Crippen LogP contribution in [-0.2, 0) is 0 Å². The number of anilines is 2. The van der Waals surface area contributed by atoms with E-state index in [-0.39, 0.29) is 0 Å². The van der Waals surface area contributed by atoms with E-state index in [1.165, 1.54) is 32.1 Å². The molecule has 0 radical (unpaired) electrons. The molecule has 1 aromatic rings. The second-order valence-corrected chi connectivity index (χ2v) is 6.79. The molecule has 1 aromatic heterocycles. The molecule has 112 valence electrons. The molecule has 0 bridgehead atoms. The Morgan fingerprint density at radius 3 is 2.50 bits per heavy atom.